The van der Waals surface area contributed by atoms with Gasteiger partial charge in [-0.25, -0.2) is 4.98 Å². The summed E-state index contributed by atoms with van der Waals surface area (Å²) in [7, 11) is 2.09. The van der Waals surface area contributed by atoms with E-state index in [0.717, 1.165) is 30.9 Å². The van der Waals surface area contributed by atoms with Crippen LogP contribution in [0.3, 0.4) is 0 Å². The van der Waals surface area contributed by atoms with Crippen molar-refractivity contribution in [2.75, 3.05) is 18.9 Å². The Balaban J connectivity index is 1.86. The molecule has 0 atom stereocenters. The van der Waals surface area contributed by atoms with Crippen LogP contribution in [0.4, 0.5) is 15.8 Å². The Morgan fingerprint density at radius 3 is 3.11 bits per heavy atom. The zero-order valence-electron chi connectivity index (χ0n) is 10.7. The fourth-order valence-corrected chi connectivity index (χ4v) is 2.27. The molecule has 0 saturated carbocycles. The van der Waals surface area contributed by atoms with Gasteiger partial charge in [-0.1, -0.05) is 0 Å². The lowest BCUT2D eigenvalue weighted by molar-refractivity contribution is 0.310. The van der Waals surface area contributed by atoms with Crippen molar-refractivity contribution in [3.63, 3.8) is 0 Å². The predicted octanol–water partition coefficient (Wildman–Crippen LogP) is 2.35. The zero-order chi connectivity index (χ0) is 13.2. The SMILES string of the molecule is CN1CCc2ncc(Nc3cccnc3F)cc2C1. The lowest BCUT2D eigenvalue weighted by Gasteiger charge is -2.24. The molecule has 0 amide bonds. The molecule has 2 aromatic rings. The average Bonchev–Trinajstić information content (AvgIpc) is 2.41. The van der Waals surface area contributed by atoms with Crippen molar-refractivity contribution in [1.29, 1.82) is 0 Å². The highest BCUT2D eigenvalue weighted by molar-refractivity contribution is 5.59. The molecule has 0 saturated heterocycles. The summed E-state index contributed by atoms with van der Waals surface area (Å²) in [6, 6.07) is 5.39. The summed E-state index contributed by atoms with van der Waals surface area (Å²) in [6.45, 7) is 1.91. The third kappa shape index (κ3) is 2.56. The van der Waals surface area contributed by atoms with Gasteiger partial charge < -0.3 is 10.2 Å². The lowest BCUT2D eigenvalue weighted by atomic mass is 10.1. The fourth-order valence-electron chi connectivity index (χ4n) is 2.27. The van der Waals surface area contributed by atoms with E-state index < -0.39 is 5.95 Å². The quantitative estimate of drug-likeness (QED) is 0.839. The summed E-state index contributed by atoms with van der Waals surface area (Å²) in [5.41, 5.74) is 3.49. The maximum Gasteiger partial charge on any atom is 0.236 e. The number of hydrogen-bond donors (Lipinski definition) is 1. The van der Waals surface area contributed by atoms with Crippen molar-refractivity contribution < 1.29 is 4.39 Å². The molecule has 0 unspecified atom stereocenters. The molecule has 2 aromatic heterocycles. The highest BCUT2D eigenvalue weighted by Crippen LogP contribution is 2.22. The molecule has 4 nitrogen and oxygen atoms in total. The van der Waals surface area contributed by atoms with Crippen LogP contribution in [0.5, 0.6) is 0 Å². The molecule has 0 spiro atoms. The van der Waals surface area contributed by atoms with Crippen LogP contribution in [-0.2, 0) is 13.0 Å². The summed E-state index contributed by atoms with van der Waals surface area (Å²) in [6.07, 6.45) is 4.14. The van der Waals surface area contributed by atoms with Gasteiger partial charge in [0.1, 0.15) is 0 Å². The number of rotatable bonds is 2. The van der Waals surface area contributed by atoms with Crippen LogP contribution in [-0.4, -0.2) is 28.5 Å². The molecule has 98 valence electrons. The molecule has 0 bridgehead atoms. The van der Waals surface area contributed by atoms with Crippen molar-refractivity contribution in [2.45, 2.75) is 13.0 Å². The van der Waals surface area contributed by atoms with E-state index in [2.05, 4.69) is 27.2 Å². The number of halogens is 1. The van der Waals surface area contributed by atoms with Gasteiger partial charge in [-0.3, -0.25) is 4.98 Å². The number of nitrogens with one attached hydrogen (secondary N) is 1. The highest BCUT2D eigenvalue weighted by Gasteiger charge is 2.14. The lowest BCUT2D eigenvalue weighted by Crippen LogP contribution is -2.27. The van der Waals surface area contributed by atoms with E-state index in [4.69, 9.17) is 0 Å². The Labute approximate surface area is 111 Å². The first-order chi connectivity index (χ1) is 9.22. The predicted molar refractivity (Wildman–Crippen MR) is 71.8 cm³/mol. The maximum absolute atomic E-state index is 13.5. The average molecular weight is 258 g/mol. The smallest absolute Gasteiger partial charge is 0.236 e. The largest absolute Gasteiger partial charge is 0.351 e. The molecule has 0 fully saturated rings. The first kappa shape index (κ1) is 12.0. The van der Waals surface area contributed by atoms with Crippen LogP contribution in [0.2, 0.25) is 0 Å². The molecule has 0 radical (unpaired) electrons. The van der Waals surface area contributed by atoms with E-state index >= 15 is 0 Å². The van der Waals surface area contributed by atoms with Crippen LogP contribution in [0.25, 0.3) is 0 Å². The summed E-state index contributed by atoms with van der Waals surface area (Å²) in [5.74, 6) is -0.502. The molecule has 19 heavy (non-hydrogen) atoms. The van der Waals surface area contributed by atoms with Gasteiger partial charge in [0.05, 0.1) is 17.6 Å². The first-order valence-electron chi connectivity index (χ1n) is 6.26. The van der Waals surface area contributed by atoms with Crippen LogP contribution in [0.1, 0.15) is 11.3 Å². The molecule has 0 aliphatic carbocycles. The van der Waals surface area contributed by atoms with E-state index in [1.807, 2.05) is 6.07 Å². The second kappa shape index (κ2) is 4.93. The molecular formula is C14H15FN4. The molecule has 5 heteroatoms. The zero-order valence-corrected chi connectivity index (χ0v) is 10.7. The van der Waals surface area contributed by atoms with Crippen molar-refractivity contribution in [3.05, 3.63) is 47.8 Å². The number of pyridine rings is 2. The molecule has 1 aliphatic rings. The molecule has 3 heterocycles. The second-order valence-corrected chi connectivity index (χ2v) is 4.78. The van der Waals surface area contributed by atoms with Gasteiger partial charge in [0.2, 0.25) is 5.95 Å². The van der Waals surface area contributed by atoms with Crippen molar-refractivity contribution in [3.8, 4) is 0 Å². The van der Waals surface area contributed by atoms with Gasteiger partial charge in [-0.05, 0) is 30.8 Å². The Bertz CT molecular complexity index is 600. The van der Waals surface area contributed by atoms with Crippen molar-refractivity contribution in [1.82, 2.24) is 14.9 Å². The number of fused-ring (bicyclic) bond motifs is 1. The number of hydrogen-bond acceptors (Lipinski definition) is 4. The summed E-state index contributed by atoms with van der Waals surface area (Å²) >= 11 is 0. The minimum absolute atomic E-state index is 0.369. The third-order valence-corrected chi connectivity index (χ3v) is 3.27. The Kier molecular flexibility index (Phi) is 3.13. The van der Waals surface area contributed by atoms with Gasteiger partial charge >= 0.3 is 0 Å². The highest BCUT2D eigenvalue weighted by atomic mass is 19.1. The van der Waals surface area contributed by atoms with E-state index in [-0.39, 0.29) is 0 Å². The summed E-state index contributed by atoms with van der Waals surface area (Å²) < 4.78 is 13.5. The molecule has 1 N–H and O–H groups in total. The Hall–Kier alpha value is -2.01. The number of aromatic nitrogens is 2. The van der Waals surface area contributed by atoms with Gasteiger partial charge in [0, 0.05) is 31.4 Å². The van der Waals surface area contributed by atoms with Crippen molar-refractivity contribution >= 4 is 11.4 Å². The van der Waals surface area contributed by atoms with Crippen LogP contribution in [0.15, 0.2) is 30.6 Å². The van der Waals surface area contributed by atoms with E-state index in [9.17, 15) is 4.39 Å². The van der Waals surface area contributed by atoms with Gasteiger partial charge in [0.25, 0.3) is 0 Å². The monoisotopic (exact) mass is 258 g/mol. The number of anilines is 2. The standard InChI is InChI=1S/C14H15FN4/c1-19-6-4-12-10(9-19)7-11(8-17-12)18-13-3-2-5-16-14(13)15/h2-3,5,7-8,18H,4,6,9H2,1H3. The van der Waals surface area contributed by atoms with E-state index in [1.54, 1.807) is 18.3 Å². The maximum atomic E-state index is 13.5. The third-order valence-electron chi connectivity index (χ3n) is 3.27. The van der Waals surface area contributed by atoms with Gasteiger partial charge in [-0.2, -0.15) is 4.39 Å². The Morgan fingerprint density at radius 2 is 2.26 bits per heavy atom. The van der Waals surface area contributed by atoms with Crippen LogP contribution in [0, 0.1) is 5.95 Å². The van der Waals surface area contributed by atoms with E-state index in [0.29, 0.717) is 5.69 Å². The molecule has 3 rings (SSSR count). The summed E-state index contributed by atoms with van der Waals surface area (Å²) in [5, 5.41) is 3.02. The number of nitrogens with zero attached hydrogens (tertiary/aromatic N) is 3. The van der Waals surface area contributed by atoms with Crippen LogP contribution >= 0.6 is 0 Å². The second-order valence-electron chi connectivity index (χ2n) is 4.78. The molecular weight excluding hydrogens is 243 g/mol. The van der Waals surface area contributed by atoms with Crippen LogP contribution < -0.4 is 5.32 Å². The van der Waals surface area contributed by atoms with Gasteiger partial charge in [0.15, 0.2) is 0 Å². The summed E-state index contributed by atoms with van der Waals surface area (Å²) in [4.78, 5) is 10.3. The minimum atomic E-state index is -0.502. The van der Waals surface area contributed by atoms with Crippen molar-refractivity contribution in [2.24, 2.45) is 0 Å². The Morgan fingerprint density at radius 1 is 1.37 bits per heavy atom. The molecule has 1 aliphatic heterocycles. The minimum Gasteiger partial charge on any atom is -0.351 e. The molecule has 0 aromatic carbocycles. The van der Waals surface area contributed by atoms with Gasteiger partial charge in [-0.15, -0.1) is 0 Å². The van der Waals surface area contributed by atoms with E-state index in [1.165, 1.54) is 11.8 Å². The normalized spacial score (nSPS) is 15.1. The number of likely N-dealkylation sites (N-methyl/N-ethyl adjacent to an activating group) is 1. The fraction of sp³-hybridized carbons (Fsp3) is 0.286. The first-order valence-corrected chi connectivity index (χ1v) is 6.26. The topological polar surface area (TPSA) is 41.1 Å².